The molecule has 1 fully saturated rings. The van der Waals surface area contributed by atoms with Crippen LogP contribution in [-0.2, 0) is 50.0 Å². The van der Waals surface area contributed by atoms with Crippen molar-refractivity contribution in [2.45, 2.75) is 46.4 Å². The molecule has 18 nitrogen and oxygen atoms in total. The lowest BCUT2D eigenvalue weighted by atomic mass is 10.0. The van der Waals surface area contributed by atoms with E-state index in [2.05, 4.69) is 20.6 Å². The van der Waals surface area contributed by atoms with E-state index in [0.717, 1.165) is 5.56 Å². The lowest BCUT2D eigenvalue weighted by molar-refractivity contribution is -0.385. The summed E-state index contributed by atoms with van der Waals surface area (Å²) in [5, 5.41) is 22.7. The zero-order valence-corrected chi connectivity index (χ0v) is 31.9. The van der Waals surface area contributed by atoms with Gasteiger partial charge in [-0.05, 0) is 49.6 Å². The summed E-state index contributed by atoms with van der Waals surface area (Å²) in [6.07, 6.45) is 4.36. The van der Waals surface area contributed by atoms with Crippen LogP contribution in [0.3, 0.4) is 0 Å². The molecule has 2 N–H and O–H groups in total. The zero-order valence-electron chi connectivity index (χ0n) is 31.9. The third-order valence-electron chi connectivity index (χ3n) is 9.56. The van der Waals surface area contributed by atoms with Crippen LogP contribution in [0.2, 0.25) is 0 Å². The van der Waals surface area contributed by atoms with Crippen LogP contribution < -0.4 is 10.1 Å². The first-order valence-corrected chi connectivity index (χ1v) is 18.4. The summed E-state index contributed by atoms with van der Waals surface area (Å²) in [7, 11) is 1.48. The van der Waals surface area contributed by atoms with E-state index in [-0.39, 0.29) is 67.4 Å². The van der Waals surface area contributed by atoms with Crippen LogP contribution in [0.15, 0.2) is 59.3 Å². The molecule has 0 unspecified atom stereocenters. The zero-order chi connectivity index (χ0) is 40.5. The molecular weight excluding hydrogens is 740 g/mol. The molecule has 0 saturated carbocycles. The predicted molar refractivity (Wildman–Crippen MR) is 204 cm³/mol. The van der Waals surface area contributed by atoms with Gasteiger partial charge in [0.05, 0.1) is 61.0 Å². The molecule has 0 bridgehead atoms. The number of ether oxygens (including phenoxy) is 3. The minimum Gasteiger partial charge on any atom is -0.496 e. The third-order valence-corrected chi connectivity index (χ3v) is 9.56. The fourth-order valence-corrected chi connectivity index (χ4v) is 6.54. The fraction of sp³-hybridized carbons (Fsp3) is 0.385. The highest BCUT2D eigenvalue weighted by molar-refractivity contribution is 6.45. The molecule has 3 amide bonds. The molecule has 18 heteroatoms. The summed E-state index contributed by atoms with van der Waals surface area (Å²) in [6, 6.07) is 12.2. The number of piperazine rings is 1. The highest BCUT2D eigenvalue weighted by atomic mass is 16.6. The Morgan fingerprint density at radius 1 is 1.02 bits per heavy atom. The number of fused-ring (bicyclic) bond motifs is 1. The number of benzene rings is 2. The van der Waals surface area contributed by atoms with Crippen molar-refractivity contribution < 1.29 is 42.7 Å². The molecule has 4 heterocycles. The number of nitro groups is 1. The highest BCUT2D eigenvalue weighted by Gasteiger charge is 2.30. The van der Waals surface area contributed by atoms with Crippen LogP contribution in [0.4, 0.5) is 5.69 Å². The van der Waals surface area contributed by atoms with Crippen LogP contribution in [0.5, 0.6) is 5.75 Å². The Morgan fingerprint density at radius 3 is 2.56 bits per heavy atom. The fourth-order valence-electron chi connectivity index (χ4n) is 6.54. The Labute approximate surface area is 327 Å². The summed E-state index contributed by atoms with van der Waals surface area (Å²) in [4.78, 5) is 68.0. The van der Waals surface area contributed by atoms with Crippen molar-refractivity contribution in [3.63, 3.8) is 0 Å². The number of furan rings is 1. The minimum absolute atomic E-state index is 0.0726. The molecule has 0 radical (unpaired) electrons. The van der Waals surface area contributed by atoms with Crippen molar-refractivity contribution in [2.24, 2.45) is 0 Å². The van der Waals surface area contributed by atoms with Gasteiger partial charge in [-0.1, -0.05) is 17.3 Å². The molecule has 0 aliphatic carbocycles. The van der Waals surface area contributed by atoms with Gasteiger partial charge in [0, 0.05) is 63.1 Å². The number of carbonyl (C=O) groups excluding carboxylic acids is 4. The molecule has 1 aliphatic rings. The molecule has 0 spiro atoms. The van der Waals surface area contributed by atoms with Crippen LogP contribution in [-0.4, -0.2) is 111 Å². The Morgan fingerprint density at radius 2 is 1.81 bits per heavy atom. The summed E-state index contributed by atoms with van der Waals surface area (Å²) >= 11 is 0. The number of nitrogens with zero attached hydrogens (tertiary/aromatic N) is 6. The van der Waals surface area contributed by atoms with Gasteiger partial charge in [0.2, 0.25) is 11.8 Å². The molecule has 5 aromatic rings. The number of aromatic nitrogens is 4. The standard InChI is InChI=1S/C39H44N8O10/c1-25-6-7-27(32(19-25)47(52)53)5-4-17-55-23-28-22-46(43-42-28)16-18-56-24-35(49)40-20-29-8-10-33(57-29)30-9-11-34(54-3)36-31(21-41-37(30)36)38(50)39(51)45-14-12-44(13-15-45)26(2)48/h6-11,19,21-22,41H,4-5,12-18,20,23-24H2,1-3H3,(H,40,49). The van der Waals surface area contributed by atoms with Gasteiger partial charge in [0.15, 0.2) is 0 Å². The lowest BCUT2D eigenvalue weighted by Gasteiger charge is -2.33. The smallest absolute Gasteiger partial charge is 0.295 e. The number of methoxy groups -OCH3 is 1. The Balaban J connectivity index is 0.931. The SMILES string of the molecule is COc1ccc(-c2ccc(CNC(=O)COCCn3cc(COCCCc4ccc(C)cc4[N+](=O)[O-])nn3)o2)c2[nH]cc(C(=O)C(=O)N3CCN(C(C)=O)CC3)c12. The van der Waals surface area contributed by atoms with Crippen molar-refractivity contribution >= 4 is 40.1 Å². The van der Waals surface area contributed by atoms with Crippen molar-refractivity contribution in [3.05, 3.63) is 93.1 Å². The van der Waals surface area contributed by atoms with Crippen molar-refractivity contribution in [2.75, 3.05) is 53.1 Å². The van der Waals surface area contributed by atoms with E-state index in [4.69, 9.17) is 18.6 Å². The van der Waals surface area contributed by atoms with Gasteiger partial charge in [0.1, 0.15) is 29.6 Å². The Bertz CT molecular complexity index is 2250. The molecule has 0 atom stereocenters. The number of hydrogen-bond donors (Lipinski definition) is 2. The number of Topliss-reactive ketones (excluding diaryl/α,β-unsaturated/α-hetero) is 1. The van der Waals surface area contributed by atoms with Crippen molar-refractivity contribution in [1.82, 2.24) is 35.1 Å². The van der Waals surface area contributed by atoms with Crippen molar-refractivity contribution in [3.8, 4) is 17.1 Å². The molecular formula is C39H44N8O10. The second-order valence-electron chi connectivity index (χ2n) is 13.5. The van der Waals surface area contributed by atoms with Gasteiger partial charge >= 0.3 is 0 Å². The van der Waals surface area contributed by atoms with E-state index in [9.17, 15) is 29.3 Å². The average Bonchev–Trinajstić information content (AvgIpc) is 3.99. The van der Waals surface area contributed by atoms with Gasteiger partial charge in [-0.2, -0.15) is 0 Å². The summed E-state index contributed by atoms with van der Waals surface area (Å²) in [6.45, 7) is 5.73. The summed E-state index contributed by atoms with van der Waals surface area (Å²) < 4.78 is 24.4. The second-order valence-corrected chi connectivity index (χ2v) is 13.5. The van der Waals surface area contributed by atoms with Gasteiger partial charge in [-0.15, -0.1) is 5.10 Å². The maximum absolute atomic E-state index is 13.4. The molecule has 3 aromatic heterocycles. The predicted octanol–water partition coefficient (Wildman–Crippen LogP) is 3.60. The number of hydrogen-bond acceptors (Lipinski definition) is 12. The number of amides is 3. The average molecular weight is 785 g/mol. The topological polar surface area (TPSA) is 217 Å². The largest absolute Gasteiger partial charge is 0.496 e. The van der Waals surface area contributed by atoms with Crippen LogP contribution >= 0.6 is 0 Å². The van der Waals surface area contributed by atoms with E-state index in [1.807, 2.05) is 13.0 Å². The molecule has 1 saturated heterocycles. The minimum atomic E-state index is -0.686. The van der Waals surface area contributed by atoms with E-state index >= 15 is 0 Å². The monoisotopic (exact) mass is 784 g/mol. The van der Waals surface area contributed by atoms with E-state index in [0.29, 0.717) is 84.1 Å². The third kappa shape index (κ3) is 9.89. The summed E-state index contributed by atoms with van der Waals surface area (Å²) in [5.41, 5.74) is 3.60. The second kappa shape index (κ2) is 18.5. The number of aromatic amines is 1. The number of carbonyl (C=O) groups is 4. The number of H-pyrrole nitrogens is 1. The van der Waals surface area contributed by atoms with Gasteiger partial charge in [0.25, 0.3) is 17.4 Å². The highest BCUT2D eigenvalue weighted by Crippen LogP contribution is 2.37. The number of nitrogens with one attached hydrogen (secondary N) is 2. The molecule has 1 aliphatic heterocycles. The van der Waals surface area contributed by atoms with Crippen LogP contribution in [0.25, 0.3) is 22.2 Å². The summed E-state index contributed by atoms with van der Waals surface area (Å²) in [5.74, 6) is -0.391. The van der Waals surface area contributed by atoms with Gasteiger partial charge in [-0.25, -0.2) is 4.68 Å². The van der Waals surface area contributed by atoms with Crippen LogP contribution in [0.1, 0.15) is 46.3 Å². The number of nitro benzene ring substituents is 1. The quantitative estimate of drug-likeness (QED) is 0.0429. The molecule has 300 valence electrons. The lowest BCUT2D eigenvalue weighted by Crippen LogP contribution is -2.51. The van der Waals surface area contributed by atoms with Crippen LogP contribution in [0, 0.1) is 17.0 Å². The Hall–Kier alpha value is -6.40. The van der Waals surface area contributed by atoms with E-state index < -0.39 is 11.7 Å². The first-order chi connectivity index (χ1) is 27.5. The van der Waals surface area contributed by atoms with Gasteiger partial charge < -0.3 is 38.7 Å². The molecule has 57 heavy (non-hydrogen) atoms. The van der Waals surface area contributed by atoms with Crippen molar-refractivity contribution in [1.29, 1.82) is 0 Å². The number of rotatable bonds is 18. The molecule has 2 aromatic carbocycles. The normalized spacial score (nSPS) is 12.9. The number of aryl methyl sites for hydroxylation is 2. The van der Waals surface area contributed by atoms with E-state index in [1.165, 1.54) is 25.1 Å². The maximum atomic E-state index is 13.4. The first kappa shape index (κ1) is 40.3. The Kier molecular flexibility index (Phi) is 13.1. The van der Waals surface area contributed by atoms with E-state index in [1.54, 1.807) is 52.2 Å². The number of ketones is 1. The first-order valence-electron chi connectivity index (χ1n) is 18.4. The molecule has 6 rings (SSSR count). The maximum Gasteiger partial charge on any atom is 0.295 e. The van der Waals surface area contributed by atoms with Gasteiger partial charge in [-0.3, -0.25) is 29.3 Å².